The Hall–Kier alpha value is -3.14. The minimum absolute atomic E-state index is 0.0691. The van der Waals surface area contributed by atoms with Crippen molar-refractivity contribution in [3.63, 3.8) is 0 Å². The second kappa shape index (κ2) is 11.7. The number of carbonyl (C=O) groups excluding carboxylic acids is 3. The predicted molar refractivity (Wildman–Crippen MR) is 144 cm³/mol. The molecular formula is C28H40FN5O4. The van der Waals surface area contributed by atoms with Crippen LogP contribution in [0.2, 0.25) is 0 Å². The summed E-state index contributed by atoms with van der Waals surface area (Å²) in [5.41, 5.74) is 1.16. The first-order valence-corrected chi connectivity index (χ1v) is 13.6. The van der Waals surface area contributed by atoms with Crippen molar-refractivity contribution in [2.75, 3.05) is 33.8 Å². The van der Waals surface area contributed by atoms with Gasteiger partial charge < -0.3 is 29.7 Å². The quantitative estimate of drug-likeness (QED) is 0.575. The second-order valence-corrected chi connectivity index (χ2v) is 10.7. The topological polar surface area (TPSA) is 95.9 Å². The fourth-order valence-electron chi connectivity index (χ4n) is 5.77. The first kappa shape index (κ1) is 27.9. The molecule has 1 saturated carbocycles. The van der Waals surface area contributed by atoms with Crippen LogP contribution < -0.4 is 15.4 Å². The smallest absolute Gasteiger partial charge is 0.270 e. The molecule has 1 aromatic heterocycles. The van der Waals surface area contributed by atoms with Crippen molar-refractivity contribution in [3.05, 3.63) is 29.7 Å². The first-order chi connectivity index (χ1) is 18.2. The Morgan fingerprint density at radius 2 is 1.82 bits per heavy atom. The van der Waals surface area contributed by atoms with Crippen LogP contribution >= 0.6 is 0 Å². The summed E-state index contributed by atoms with van der Waals surface area (Å²) < 4.78 is 21.1. The lowest BCUT2D eigenvalue weighted by molar-refractivity contribution is -0.142. The lowest BCUT2D eigenvalue weighted by Crippen LogP contribution is -2.62. The number of piperazine rings is 1. The Bertz CT molecular complexity index is 1190. The van der Waals surface area contributed by atoms with Gasteiger partial charge in [-0.2, -0.15) is 0 Å². The molecule has 2 heterocycles. The summed E-state index contributed by atoms with van der Waals surface area (Å²) in [5, 5.41) is 6.60. The number of aryl methyl sites for hydroxylation is 1. The van der Waals surface area contributed by atoms with Crippen LogP contribution in [0.15, 0.2) is 18.2 Å². The number of likely N-dealkylation sites (N-methyl/N-ethyl adjacent to an activating group) is 1. The third-order valence-corrected chi connectivity index (χ3v) is 8.24. The van der Waals surface area contributed by atoms with Crippen LogP contribution in [0.4, 0.5) is 4.39 Å². The van der Waals surface area contributed by atoms with Crippen molar-refractivity contribution < 1.29 is 23.5 Å². The number of nitrogens with zero attached hydrogens (tertiary/aromatic N) is 3. The summed E-state index contributed by atoms with van der Waals surface area (Å²) in [7, 11) is 4.91. The Morgan fingerprint density at radius 3 is 2.45 bits per heavy atom. The Kier molecular flexibility index (Phi) is 8.60. The predicted octanol–water partition coefficient (Wildman–Crippen LogP) is 2.67. The average molecular weight is 530 g/mol. The second-order valence-electron chi connectivity index (χ2n) is 10.7. The number of halogens is 1. The van der Waals surface area contributed by atoms with Crippen LogP contribution in [0.5, 0.6) is 5.75 Å². The van der Waals surface area contributed by atoms with E-state index in [1.54, 1.807) is 42.6 Å². The third kappa shape index (κ3) is 5.50. The Morgan fingerprint density at radius 1 is 1.11 bits per heavy atom. The molecule has 0 bridgehead atoms. The summed E-state index contributed by atoms with van der Waals surface area (Å²) in [6.45, 7) is 4.87. The summed E-state index contributed by atoms with van der Waals surface area (Å²) >= 11 is 0. The number of hydrogen-bond acceptors (Lipinski definition) is 5. The highest BCUT2D eigenvalue weighted by Crippen LogP contribution is 2.30. The Balaban J connectivity index is 1.49. The molecule has 1 aromatic carbocycles. The molecule has 3 atom stereocenters. The van der Waals surface area contributed by atoms with Gasteiger partial charge in [-0.05, 0) is 51.8 Å². The number of rotatable bonds is 7. The summed E-state index contributed by atoms with van der Waals surface area (Å²) in [4.78, 5) is 43.6. The summed E-state index contributed by atoms with van der Waals surface area (Å²) in [6.07, 6.45) is 5.12. The molecule has 3 amide bonds. The van der Waals surface area contributed by atoms with Crippen molar-refractivity contribution in [2.45, 2.75) is 64.1 Å². The SMILES string of the molecule is CN[C@@H](C)C(=O)N[C@H](C(=O)N1CCN(C(=O)c2cc3cc(F)c(OC)cc3n2C)C[C@H]1C)C1CCCCC1. The highest BCUT2D eigenvalue weighted by molar-refractivity contribution is 5.99. The number of carbonyl (C=O) groups is 3. The van der Waals surface area contributed by atoms with Crippen molar-refractivity contribution in [1.82, 2.24) is 25.0 Å². The summed E-state index contributed by atoms with van der Waals surface area (Å²) in [5.74, 6) is -0.649. The molecule has 0 unspecified atom stereocenters. The first-order valence-electron chi connectivity index (χ1n) is 13.6. The molecule has 4 rings (SSSR count). The van der Waals surface area contributed by atoms with E-state index in [9.17, 15) is 18.8 Å². The molecule has 208 valence electrons. The zero-order valence-electron chi connectivity index (χ0n) is 23.1. The molecule has 2 aromatic rings. The van der Waals surface area contributed by atoms with E-state index in [1.165, 1.54) is 13.2 Å². The number of hydrogen-bond donors (Lipinski definition) is 2. The maximum absolute atomic E-state index is 14.2. The van der Waals surface area contributed by atoms with Gasteiger partial charge in [-0.15, -0.1) is 0 Å². The fourth-order valence-corrected chi connectivity index (χ4v) is 5.77. The minimum atomic E-state index is -0.564. The van der Waals surface area contributed by atoms with Gasteiger partial charge in [-0.3, -0.25) is 14.4 Å². The molecule has 38 heavy (non-hydrogen) atoms. The van der Waals surface area contributed by atoms with Gasteiger partial charge in [-0.25, -0.2) is 4.39 Å². The zero-order valence-corrected chi connectivity index (χ0v) is 23.1. The maximum Gasteiger partial charge on any atom is 0.270 e. The van der Waals surface area contributed by atoms with E-state index in [0.717, 1.165) is 32.1 Å². The van der Waals surface area contributed by atoms with Crippen molar-refractivity contribution in [3.8, 4) is 5.75 Å². The van der Waals surface area contributed by atoms with E-state index < -0.39 is 17.9 Å². The highest BCUT2D eigenvalue weighted by atomic mass is 19.1. The molecule has 1 saturated heterocycles. The van der Waals surface area contributed by atoms with Crippen LogP contribution in [0.3, 0.4) is 0 Å². The van der Waals surface area contributed by atoms with E-state index in [4.69, 9.17) is 4.74 Å². The number of fused-ring (bicyclic) bond motifs is 1. The number of ether oxygens (including phenoxy) is 1. The van der Waals surface area contributed by atoms with Gasteiger partial charge in [-0.1, -0.05) is 19.3 Å². The van der Waals surface area contributed by atoms with Crippen LogP contribution in [0.25, 0.3) is 10.9 Å². The molecular weight excluding hydrogens is 489 g/mol. The highest BCUT2D eigenvalue weighted by Gasteiger charge is 2.38. The molecule has 2 N–H and O–H groups in total. The minimum Gasteiger partial charge on any atom is -0.494 e. The van der Waals surface area contributed by atoms with E-state index >= 15 is 0 Å². The molecule has 1 aliphatic heterocycles. The van der Waals surface area contributed by atoms with E-state index in [2.05, 4.69) is 10.6 Å². The molecule has 0 spiro atoms. The molecule has 10 heteroatoms. The number of nitrogens with one attached hydrogen (secondary N) is 2. The fraction of sp³-hybridized carbons (Fsp3) is 0.607. The third-order valence-electron chi connectivity index (χ3n) is 8.24. The monoisotopic (exact) mass is 529 g/mol. The lowest BCUT2D eigenvalue weighted by atomic mass is 9.83. The molecule has 2 fully saturated rings. The maximum atomic E-state index is 14.2. The van der Waals surface area contributed by atoms with Crippen LogP contribution in [-0.4, -0.2) is 84.0 Å². The zero-order chi connectivity index (χ0) is 27.6. The number of aromatic nitrogens is 1. The molecule has 2 aliphatic rings. The van der Waals surface area contributed by atoms with E-state index in [-0.39, 0.29) is 35.4 Å². The van der Waals surface area contributed by atoms with Gasteiger partial charge in [0.25, 0.3) is 5.91 Å². The van der Waals surface area contributed by atoms with Gasteiger partial charge in [0.1, 0.15) is 11.7 Å². The lowest BCUT2D eigenvalue weighted by Gasteiger charge is -2.43. The molecule has 1 aliphatic carbocycles. The summed E-state index contributed by atoms with van der Waals surface area (Å²) in [6, 6.07) is 3.49. The van der Waals surface area contributed by atoms with Gasteiger partial charge in [0.2, 0.25) is 11.8 Å². The standard InChI is InChI=1S/C28H40FN5O4/c1-17-16-33(27(36)23-14-20-13-21(29)24(38-5)15-22(20)32(23)4)11-12-34(17)28(37)25(19-9-7-6-8-10-19)31-26(35)18(2)30-3/h13-15,17-19,25,30H,6-12,16H2,1-5H3,(H,31,35)/t17-,18+,25+/m1/s1. The van der Waals surface area contributed by atoms with Crippen molar-refractivity contribution in [2.24, 2.45) is 13.0 Å². The normalized spacial score (nSPS) is 20.3. The molecule has 9 nitrogen and oxygen atoms in total. The average Bonchev–Trinajstić information content (AvgIpc) is 3.24. The van der Waals surface area contributed by atoms with Gasteiger partial charge in [0.15, 0.2) is 11.6 Å². The van der Waals surface area contributed by atoms with Gasteiger partial charge in [0.05, 0.1) is 18.7 Å². The van der Waals surface area contributed by atoms with Gasteiger partial charge in [0, 0.05) is 44.2 Å². The van der Waals surface area contributed by atoms with Crippen LogP contribution in [-0.2, 0) is 16.6 Å². The van der Waals surface area contributed by atoms with Crippen LogP contribution in [0.1, 0.15) is 56.4 Å². The number of benzene rings is 1. The van der Waals surface area contributed by atoms with Gasteiger partial charge >= 0.3 is 0 Å². The Labute approximate surface area is 223 Å². The van der Waals surface area contributed by atoms with E-state index in [0.29, 0.717) is 36.2 Å². The van der Waals surface area contributed by atoms with Crippen molar-refractivity contribution >= 4 is 28.6 Å². The number of amides is 3. The van der Waals surface area contributed by atoms with Crippen LogP contribution in [0, 0.1) is 11.7 Å². The van der Waals surface area contributed by atoms with E-state index in [1.807, 2.05) is 11.8 Å². The van der Waals surface area contributed by atoms with Crippen molar-refractivity contribution in [1.29, 1.82) is 0 Å². The largest absolute Gasteiger partial charge is 0.494 e. The number of methoxy groups -OCH3 is 1. The molecule has 0 radical (unpaired) electrons.